The number of rotatable bonds is 4. The maximum Gasteiger partial charge on any atom is 0.419 e. The van der Waals surface area contributed by atoms with Gasteiger partial charge in [-0.1, -0.05) is 0 Å². The van der Waals surface area contributed by atoms with E-state index >= 15 is 0 Å². The lowest BCUT2D eigenvalue weighted by atomic mass is 10.1. The molecule has 168 valence electrons. The summed E-state index contributed by atoms with van der Waals surface area (Å²) in [5.74, 6) is 0.273. The fourth-order valence-corrected chi connectivity index (χ4v) is 4.45. The molecule has 0 aromatic carbocycles. The Morgan fingerprint density at radius 2 is 1.84 bits per heavy atom. The van der Waals surface area contributed by atoms with Crippen molar-refractivity contribution in [3.8, 4) is 11.3 Å². The maximum absolute atomic E-state index is 13.2. The van der Waals surface area contributed by atoms with Crippen LogP contribution in [-0.4, -0.2) is 45.0 Å². The third-order valence-electron chi connectivity index (χ3n) is 5.90. The van der Waals surface area contributed by atoms with E-state index < -0.39 is 17.6 Å². The zero-order valence-corrected chi connectivity index (χ0v) is 17.8. The number of fused-ring (bicyclic) bond motifs is 1. The number of alkyl halides is 3. The molecule has 1 amide bonds. The predicted molar refractivity (Wildman–Crippen MR) is 108 cm³/mol. The molecule has 3 atom stereocenters. The number of halogens is 3. The van der Waals surface area contributed by atoms with Gasteiger partial charge in [0.1, 0.15) is 5.82 Å². The van der Waals surface area contributed by atoms with Gasteiger partial charge in [-0.2, -0.15) is 18.3 Å². The first-order valence-electron chi connectivity index (χ1n) is 10.4. The van der Waals surface area contributed by atoms with E-state index in [-0.39, 0.29) is 29.7 Å². The SMILES string of the molecule is CC(C)OC(=O)N1C[C@@H]2C(c3cc(-c4cnc(N)c(C(F)(F)F)c4)nn3C(C)C)[C@@H]2C1. The van der Waals surface area contributed by atoms with Gasteiger partial charge in [0.25, 0.3) is 0 Å². The summed E-state index contributed by atoms with van der Waals surface area (Å²) in [6, 6.07) is 2.87. The van der Waals surface area contributed by atoms with Gasteiger partial charge in [0.05, 0.1) is 17.4 Å². The Bertz CT molecular complexity index is 989. The highest BCUT2D eigenvalue weighted by Gasteiger charge is 2.59. The van der Waals surface area contributed by atoms with Crippen molar-refractivity contribution in [1.29, 1.82) is 0 Å². The van der Waals surface area contributed by atoms with Crippen LogP contribution < -0.4 is 5.73 Å². The highest BCUT2D eigenvalue weighted by molar-refractivity contribution is 5.69. The van der Waals surface area contributed by atoms with E-state index in [4.69, 9.17) is 10.5 Å². The second kappa shape index (κ2) is 7.42. The van der Waals surface area contributed by atoms with Gasteiger partial charge in [-0.25, -0.2) is 9.78 Å². The molecule has 2 aromatic rings. The summed E-state index contributed by atoms with van der Waals surface area (Å²) in [5, 5.41) is 4.58. The maximum atomic E-state index is 13.2. The van der Waals surface area contributed by atoms with E-state index in [2.05, 4.69) is 10.1 Å². The van der Waals surface area contributed by atoms with E-state index in [1.807, 2.05) is 38.4 Å². The molecule has 3 heterocycles. The van der Waals surface area contributed by atoms with Crippen molar-refractivity contribution in [3.05, 3.63) is 29.6 Å². The van der Waals surface area contributed by atoms with E-state index in [9.17, 15) is 18.0 Å². The van der Waals surface area contributed by atoms with Crippen LogP contribution in [0.5, 0.6) is 0 Å². The summed E-state index contributed by atoms with van der Waals surface area (Å²) in [4.78, 5) is 17.6. The lowest BCUT2D eigenvalue weighted by Gasteiger charge is -2.21. The Hall–Kier alpha value is -2.78. The van der Waals surface area contributed by atoms with Crippen LogP contribution in [0, 0.1) is 11.8 Å². The first-order valence-corrected chi connectivity index (χ1v) is 10.4. The minimum absolute atomic E-state index is 0.0379. The lowest BCUT2D eigenvalue weighted by molar-refractivity contribution is -0.137. The van der Waals surface area contributed by atoms with E-state index in [1.165, 1.54) is 6.20 Å². The monoisotopic (exact) mass is 437 g/mol. The topological polar surface area (TPSA) is 86.3 Å². The van der Waals surface area contributed by atoms with Gasteiger partial charge in [0.2, 0.25) is 0 Å². The third-order valence-corrected chi connectivity index (χ3v) is 5.90. The van der Waals surface area contributed by atoms with Gasteiger partial charge < -0.3 is 15.4 Å². The second-order valence-electron chi connectivity index (χ2n) is 8.84. The Labute approximate surface area is 178 Å². The summed E-state index contributed by atoms with van der Waals surface area (Å²) in [6.07, 6.45) is -3.73. The van der Waals surface area contributed by atoms with Crippen molar-refractivity contribution in [1.82, 2.24) is 19.7 Å². The summed E-state index contributed by atoms with van der Waals surface area (Å²) in [7, 11) is 0. The van der Waals surface area contributed by atoms with Crippen molar-refractivity contribution in [2.45, 2.75) is 51.9 Å². The normalized spacial score (nSPS) is 22.9. The number of carbonyl (C=O) groups excluding carboxylic acids is 1. The minimum atomic E-state index is -4.59. The van der Waals surface area contributed by atoms with E-state index in [1.54, 1.807) is 4.90 Å². The van der Waals surface area contributed by atoms with Crippen molar-refractivity contribution in [3.63, 3.8) is 0 Å². The third kappa shape index (κ3) is 3.95. The largest absolute Gasteiger partial charge is 0.447 e. The number of piperidine rings is 1. The Balaban J connectivity index is 1.58. The summed E-state index contributed by atoms with van der Waals surface area (Å²) in [5.41, 5.74) is 6.14. The van der Waals surface area contributed by atoms with Crippen LogP contribution in [0.4, 0.5) is 23.8 Å². The minimum Gasteiger partial charge on any atom is -0.447 e. The zero-order chi connectivity index (χ0) is 22.7. The van der Waals surface area contributed by atoms with Gasteiger partial charge in [-0.15, -0.1) is 0 Å². The molecular weight excluding hydrogens is 411 g/mol. The molecule has 1 unspecified atom stereocenters. The van der Waals surface area contributed by atoms with Crippen LogP contribution in [0.15, 0.2) is 18.3 Å². The number of hydrogen-bond donors (Lipinski definition) is 1. The van der Waals surface area contributed by atoms with Gasteiger partial charge in [-0.05, 0) is 51.7 Å². The lowest BCUT2D eigenvalue weighted by Crippen LogP contribution is -2.33. The molecule has 2 aliphatic rings. The van der Waals surface area contributed by atoms with Gasteiger partial charge in [-0.3, -0.25) is 4.68 Å². The van der Waals surface area contributed by atoms with Crippen molar-refractivity contribution >= 4 is 11.9 Å². The summed E-state index contributed by atoms with van der Waals surface area (Å²) in [6.45, 7) is 8.81. The molecule has 31 heavy (non-hydrogen) atoms. The number of nitrogens with two attached hydrogens (primary N) is 1. The fourth-order valence-electron chi connectivity index (χ4n) is 4.45. The number of likely N-dealkylation sites (tertiary alicyclic amines) is 1. The van der Waals surface area contributed by atoms with E-state index in [0.29, 0.717) is 30.6 Å². The molecule has 4 rings (SSSR count). The van der Waals surface area contributed by atoms with Crippen molar-refractivity contribution < 1.29 is 22.7 Å². The van der Waals surface area contributed by atoms with Crippen LogP contribution in [-0.2, 0) is 10.9 Å². The first kappa shape index (κ1) is 21.5. The molecule has 1 aliphatic carbocycles. The van der Waals surface area contributed by atoms with Crippen molar-refractivity contribution in [2.24, 2.45) is 11.8 Å². The smallest absolute Gasteiger partial charge is 0.419 e. The number of pyridine rings is 1. The molecule has 1 aliphatic heterocycles. The first-order chi connectivity index (χ1) is 14.5. The highest BCUT2D eigenvalue weighted by Crippen LogP contribution is 2.58. The predicted octanol–water partition coefficient (Wildman–Crippen LogP) is 4.32. The number of carbonyl (C=O) groups is 1. The molecule has 0 radical (unpaired) electrons. The van der Waals surface area contributed by atoms with Crippen LogP contribution >= 0.6 is 0 Å². The van der Waals surface area contributed by atoms with Crippen LogP contribution in [0.25, 0.3) is 11.3 Å². The van der Waals surface area contributed by atoms with Gasteiger partial charge in [0, 0.05) is 42.5 Å². The molecule has 2 N–H and O–H groups in total. The number of anilines is 1. The standard InChI is InChI=1S/C21H26F3N5O2/c1-10(2)29-17(18-13-8-28(9-14(13)18)20(30)31-11(3)4)6-16(27-29)12-5-15(21(22,23)24)19(25)26-7-12/h5-7,10-11,13-14,18H,8-9H2,1-4H3,(H2,25,26)/t13-,14+,18?. The number of ether oxygens (including phenoxy) is 1. The highest BCUT2D eigenvalue weighted by atomic mass is 19.4. The number of nitrogen functional groups attached to an aromatic ring is 1. The van der Waals surface area contributed by atoms with Gasteiger partial charge in [0.15, 0.2) is 0 Å². The van der Waals surface area contributed by atoms with Gasteiger partial charge >= 0.3 is 12.3 Å². The summed E-state index contributed by atoms with van der Waals surface area (Å²) >= 11 is 0. The van der Waals surface area contributed by atoms with E-state index in [0.717, 1.165) is 11.8 Å². The molecule has 2 aromatic heterocycles. The number of hydrogen-bond acceptors (Lipinski definition) is 5. The quantitative estimate of drug-likeness (QED) is 0.770. The molecule has 0 spiro atoms. The molecule has 2 fully saturated rings. The Kier molecular flexibility index (Phi) is 5.13. The second-order valence-corrected chi connectivity index (χ2v) is 8.84. The average molecular weight is 437 g/mol. The number of amides is 1. The molecule has 1 saturated heterocycles. The molecular formula is C21H26F3N5O2. The molecule has 1 saturated carbocycles. The van der Waals surface area contributed by atoms with Crippen LogP contribution in [0.2, 0.25) is 0 Å². The van der Waals surface area contributed by atoms with Crippen LogP contribution in [0.3, 0.4) is 0 Å². The van der Waals surface area contributed by atoms with Crippen LogP contribution in [0.1, 0.15) is 50.9 Å². The number of aromatic nitrogens is 3. The Morgan fingerprint density at radius 1 is 1.19 bits per heavy atom. The zero-order valence-electron chi connectivity index (χ0n) is 17.8. The summed E-state index contributed by atoms with van der Waals surface area (Å²) < 4.78 is 46.9. The number of nitrogens with zero attached hydrogens (tertiary/aromatic N) is 4. The molecule has 7 nitrogen and oxygen atoms in total. The fraction of sp³-hybridized carbons (Fsp3) is 0.571. The molecule has 10 heteroatoms. The average Bonchev–Trinajstić information content (AvgIpc) is 3.03. The van der Waals surface area contributed by atoms with Crippen molar-refractivity contribution in [2.75, 3.05) is 18.8 Å². The molecule has 0 bridgehead atoms. The Morgan fingerprint density at radius 3 is 2.39 bits per heavy atom.